The molecular formula is C34H26N8. The van der Waals surface area contributed by atoms with Crippen LogP contribution in [0.2, 0.25) is 0 Å². The summed E-state index contributed by atoms with van der Waals surface area (Å²) in [4.78, 5) is 30.9. The average Bonchev–Trinajstić information content (AvgIpc) is 3.70. The molecule has 8 nitrogen and oxygen atoms in total. The maximum absolute atomic E-state index is 5.22. The number of hydrogen-bond donors (Lipinski definition) is 0. The monoisotopic (exact) mass is 546 g/mol. The predicted molar refractivity (Wildman–Crippen MR) is 170 cm³/mol. The van der Waals surface area contributed by atoms with Crippen LogP contribution < -0.4 is 11.0 Å². The van der Waals surface area contributed by atoms with E-state index in [0.717, 1.165) is 66.4 Å². The van der Waals surface area contributed by atoms with E-state index >= 15 is 0 Å². The van der Waals surface area contributed by atoms with Gasteiger partial charge in [0.1, 0.15) is 29.3 Å². The molecule has 0 saturated heterocycles. The van der Waals surface area contributed by atoms with Gasteiger partial charge < -0.3 is 0 Å². The van der Waals surface area contributed by atoms with E-state index in [4.69, 9.17) is 30.0 Å². The Kier molecular flexibility index (Phi) is 5.21. The summed E-state index contributed by atoms with van der Waals surface area (Å²) in [5, 5.41) is 3.95. The first-order valence-corrected chi connectivity index (χ1v) is 14.0. The van der Waals surface area contributed by atoms with Crippen LogP contribution in [0.25, 0.3) is 21.5 Å². The van der Waals surface area contributed by atoms with Crippen molar-refractivity contribution in [1.82, 2.24) is 9.13 Å². The molecule has 0 fully saturated rings. The minimum absolute atomic E-state index is 0.405. The van der Waals surface area contributed by atoms with E-state index in [-0.39, 0.29) is 0 Å². The van der Waals surface area contributed by atoms with Crippen LogP contribution in [0.15, 0.2) is 138 Å². The molecule has 42 heavy (non-hydrogen) atoms. The zero-order chi connectivity index (χ0) is 28.5. The Morgan fingerprint density at radius 2 is 0.976 bits per heavy atom. The van der Waals surface area contributed by atoms with Crippen LogP contribution in [-0.4, -0.2) is 32.5 Å². The molecule has 202 valence electrons. The summed E-state index contributed by atoms with van der Waals surface area (Å²) in [6.07, 6.45) is 9.87. The minimum atomic E-state index is 0.405. The van der Waals surface area contributed by atoms with E-state index in [0.29, 0.717) is 30.0 Å². The highest BCUT2D eigenvalue weighted by molar-refractivity contribution is 6.28. The first kappa shape index (κ1) is 24.3. The summed E-state index contributed by atoms with van der Waals surface area (Å²) >= 11 is 0. The molecule has 0 unspecified atom stereocenters. The molecule has 0 aliphatic carbocycles. The molecular weight excluding hydrogens is 520 g/mol. The van der Waals surface area contributed by atoms with E-state index in [9.17, 15) is 0 Å². The average molecular weight is 547 g/mol. The zero-order valence-corrected chi connectivity index (χ0v) is 23.5. The van der Waals surface area contributed by atoms with Crippen molar-refractivity contribution in [2.24, 2.45) is 30.0 Å². The number of aliphatic imine (C=N–C) groups is 4. The third kappa shape index (κ3) is 3.23. The van der Waals surface area contributed by atoms with Crippen LogP contribution in [-0.2, 0) is 6.67 Å². The van der Waals surface area contributed by atoms with Gasteiger partial charge in [-0.1, -0.05) is 85.5 Å². The fourth-order valence-corrected chi connectivity index (χ4v) is 6.22. The number of nitrogens with zero attached hydrogens (tertiary/aromatic N) is 8. The number of allylic oxidation sites excluding steroid dienone is 5. The van der Waals surface area contributed by atoms with Crippen LogP contribution in [0.3, 0.4) is 0 Å². The smallest absolute Gasteiger partial charge is 0.164 e. The zero-order valence-electron chi connectivity index (χ0n) is 23.5. The summed E-state index contributed by atoms with van der Waals surface area (Å²) in [7, 11) is 0. The Bertz CT molecular complexity index is 2300. The molecule has 2 aromatic heterocycles. The molecule has 0 saturated carbocycles. The number of amidine groups is 4. The Hall–Kier alpha value is -5.50. The second kappa shape index (κ2) is 9.01. The molecule has 0 radical (unpaired) electrons. The highest BCUT2D eigenvalue weighted by Crippen LogP contribution is 2.41. The summed E-state index contributed by atoms with van der Waals surface area (Å²) in [5.74, 6) is 4.04. The first-order valence-electron chi connectivity index (χ1n) is 14.0. The summed E-state index contributed by atoms with van der Waals surface area (Å²) in [6, 6.07) is 16.5. The Morgan fingerprint density at radius 3 is 1.45 bits per heavy atom. The van der Waals surface area contributed by atoms with Gasteiger partial charge in [0.25, 0.3) is 0 Å². The van der Waals surface area contributed by atoms with Gasteiger partial charge in [-0.2, -0.15) is 0 Å². The van der Waals surface area contributed by atoms with E-state index in [1.807, 2.05) is 57.2 Å². The van der Waals surface area contributed by atoms with Gasteiger partial charge in [0.15, 0.2) is 23.3 Å². The van der Waals surface area contributed by atoms with Gasteiger partial charge in [-0.25, -0.2) is 30.0 Å². The van der Waals surface area contributed by atoms with Crippen LogP contribution in [0, 0.1) is 0 Å². The molecule has 8 heteroatoms. The molecule has 4 aliphatic heterocycles. The van der Waals surface area contributed by atoms with Gasteiger partial charge in [0.2, 0.25) is 0 Å². The van der Waals surface area contributed by atoms with Crippen molar-refractivity contribution in [3.05, 3.63) is 119 Å². The third-order valence-corrected chi connectivity index (χ3v) is 8.09. The topological polar surface area (TPSA) is 84.0 Å². The Labute approximate surface area is 241 Å². The molecule has 0 atom stereocenters. The maximum Gasteiger partial charge on any atom is 0.164 e. The second-order valence-corrected chi connectivity index (χ2v) is 10.3. The standard InChI is InChI=1S/C34H26N8/c1-5-13-22-21(8-4)29-36-30(22)40-34-26-17-12-11-16-25(26)32-38-28-20(7-3)19(6-2)27(35-28)37-31-23-14-9-10-15-24(23)33(39-29)41(31)18-42(32)34/h5-17H,1,18H2,2-4H3/b19-6+,20-7-,21-8+,22-13+,37-27-,37-31?,38-28?,38-32-,39-29-,39-33?,40-30?,40-34-. The predicted octanol–water partition coefficient (Wildman–Crippen LogP) is 6.20. The largest absolute Gasteiger partial charge is 0.291 e. The van der Waals surface area contributed by atoms with Gasteiger partial charge >= 0.3 is 0 Å². The van der Waals surface area contributed by atoms with Crippen LogP contribution in [0.5, 0.6) is 0 Å². The van der Waals surface area contributed by atoms with Crippen molar-refractivity contribution >= 4 is 56.5 Å². The third-order valence-electron chi connectivity index (χ3n) is 8.09. The van der Waals surface area contributed by atoms with Crippen molar-refractivity contribution < 1.29 is 0 Å². The molecule has 0 N–H and O–H groups in total. The highest BCUT2D eigenvalue weighted by atomic mass is 15.3. The lowest BCUT2D eigenvalue weighted by molar-refractivity contribution is 0.584. The lowest BCUT2D eigenvalue weighted by Gasteiger charge is -2.12. The van der Waals surface area contributed by atoms with Crippen molar-refractivity contribution in [3.63, 3.8) is 0 Å². The van der Waals surface area contributed by atoms with E-state index in [2.05, 4.69) is 52.1 Å². The SMILES string of the molecule is C=C/C=C1C2=NC(=N\c3c4ccccc4c4n3Cn3/c(c5ccccc5/c3=N/2)=N\C2=NC(=N\4)/C(=C/C)C/2=C/C)/C/1=C/C. The number of benzene rings is 2. The van der Waals surface area contributed by atoms with Gasteiger partial charge in [-0.15, -0.1) is 0 Å². The normalized spacial score (nSPS) is 25.0. The lowest BCUT2D eigenvalue weighted by atomic mass is 10.1. The van der Waals surface area contributed by atoms with Crippen molar-refractivity contribution in [1.29, 1.82) is 0 Å². The number of hydrogen-bond acceptors (Lipinski definition) is 6. The Balaban J connectivity index is 1.65. The number of aromatic nitrogens is 2. The van der Waals surface area contributed by atoms with Gasteiger partial charge in [0.05, 0.1) is 0 Å². The van der Waals surface area contributed by atoms with Crippen LogP contribution >= 0.6 is 0 Å². The molecule has 6 heterocycles. The first-order chi connectivity index (χ1) is 20.6. The summed E-state index contributed by atoms with van der Waals surface area (Å²) in [6.45, 7) is 10.4. The quantitative estimate of drug-likeness (QED) is 0.272. The molecule has 2 aromatic carbocycles. The Morgan fingerprint density at radius 1 is 0.548 bits per heavy atom. The van der Waals surface area contributed by atoms with Crippen molar-refractivity contribution in [2.75, 3.05) is 0 Å². The van der Waals surface area contributed by atoms with Gasteiger partial charge in [-0.3, -0.25) is 9.13 Å². The van der Waals surface area contributed by atoms with Gasteiger partial charge in [-0.05, 0) is 20.8 Å². The second-order valence-electron chi connectivity index (χ2n) is 10.3. The minimum Gasteiger partial charge on any atom is -0.291 e. The van der Waals surface area contributed by atoms with Crippen molar-refractivity contribution in [3.8, 4) is 0 Å². The highest BCUT2D eigenvalue weighted by Gasteiger charge is 2.30. The lowest BCUT2D eigenvalue weighted by Crippen LogP contribution is -2.32. The molecule has 4 aliphatic rings. The molecule has 0 spiro atoms. The molecule has 0 amide bonds. The fraction of sp³-hybridized carbons (Fsp3) is 0.118. The number of rotatable bonds is 1. The van der Waals surface area contributed by atoms with Crippen molar-refractivity contribution in [2.45, 2.75) is 27.4 Å². The number of fused-ring (bicyclic) bond motifs is 8. The fourth-order valence-electron chi connectivity index (χ4n) is 6.22. The molecule has 4 aromatic rings. The van der Waals surface area contributed by atoms with E-state index in [1.165, 1.54) is 0 Å². The van der Waals surface area contributed by atoms with Crippen LogP contribution in [0.1, 0.15) is 20.8 Å². The summed E-state index contributed by atoms with van der Waals surface area (Å²) in [5.41, 5.74) is 5.25. The van der Waals surface area contributed by atoms with E-state index < -0.39 is 0 Å². The van der Waals surface area contributed by atoms with Crippen LogP contribution in [0.4, 0.5) is 11.6 Å². The van der Waals surface area contributed by atoms with Gasteiger partial charge in [0, 0.05) is 43.8 Å². The van der Waals surface area contributed by atoms with E-state index in [1.54, 1.807) is 6.08 Å². The maximum atomic E-state index is 5.22. The summed E-state index contributed by atoms with van der Waals surface area (Å²) < 4.78 is 4.29. The molecule has 6 bridgehead atoms. The molecule has 8 rings (SSSR count).